The summed E-state index contributed by atoms with van der Waals surface area (Å²) in [6.45, 7) is 2.05. The molecule has 104 valence electrons. The Kier molecular flexibility index (Phi) is 2.59. The number of carbonyl (C=O) groups is 1. The first-order valence-electron chi connectivity index (χ1n) is 6.71. The normalized spacial score (nSPS) is 22.7. The number of hydrazone groups is 1. The third-order valence-corrected chi connectivity index (χ3v) is 5.06. The third-order valence-electron chi connectivity index (χ3n) is 3.74. The van der Waals surface area contributed by atoms with Crippen LogP contribution in [0.3, 0.4) is 0 Å². The van der Waals surface area contributed by atoms with Gasteiger partial charge >= 0.3 is 0 Å². The topological polar surface area (TPSA) is 53.5 Å². The summed E-state index contributed by atoms with van der Waals surface area (Å²) in [5.41, 5.74) is 7.05. The molecular formula is C16H13N3OS. The average Bonchev–Trinajstić information content (AvgIpc) is 3.05. The van der Waals surface area contributed by atoms with E-state index >= 15 is 0 Å². The fraction of sp³-hybridized carbons (Fsp3) is 0.125. The van der Waals surface area contributed by atoms with Gasteiger partial charge in [0.05, 0.1) is 0 Å². The molecule has 0 unspecified atom stereocenters. The lowest BCUT2D eigenvalue weighted by Gasteiger charge is -2.19. The van der Waals surface area contributed by atoms with Crippen molar-refractivity contribution in [3.05, 3.63) is 65.2 Å². The summed E-state index contributed by atoms with van der Waals surface area (Å²) >= 11 is 1.46. The first-order chi connectivity index (χ1) is 10.2. The smallest absolute Gasteiger partial charge is 0.267 e. The quantitative estimate of drug-likeness (QED) is 0.850. The highest BCUT2D eigenvalue weighted by molar-refractivity contribution is 8.16. The number of anilines is 1. The molecule has 1 amide bonds. The van der Waals surface area contributed by atoms with E-state index in [1.165, 1.54) is 17.3 Å². The van der Waals surface area contributed by atoms with Gasteiger partial charge in [-0.2, -0.15) is 5.10 Å². The summed E-state index contributed by atoms with van der Waals surface area (Å²) < 4.78 is 0. The molecule has 2 aromatic carbocycles. The molecule has 5 heteroatoms. The Balaban J connectivity index is 1.72. The van der Waals surface area contributed by atoms with Crippen molar-refractivity contribution in [2.24, 2.45) is 5.10 Å². The maximum atomic E-state index is 12.4. The fourth-order valence-electron chi connectivity index (χ4n) is 2.58. The van der Waals surface area contributed by atoms with Crippen LogP contribution in [0.4, 0.5) is 5.69 Å². The second-order valence-corrected chi connectivity index (χ2v) is 6.38. The molecule has 1 spiro atoms. The minimum Gasteiger partial charge on any atom is -0.323 e. The van der Waals surface area contributed by atoms with Gasteiger partial charge < -0.3 is 5.32 Å². The summed E-state index contributed by atoms with van der Waals surface area (Å²) in [7, 11) is 0. The molecule has 0 saturated heterocycles. The lowest BCUT2D eigenvalue weighted by Crippen LogP contribution is -2.39. The van der Waals surface area contributed by atoms with Gasteiger partial charge in [-0.05, 0) is 13.0 Å². The fourth-order valence-corrected chi connectivity index (χ4v) is 3.74. The first kappa shape index (κ1) is 12.5. The van der Waals surface area contributed by atoms with Gasteiger partial charge in [0.25, 0.3) is 5.91 Å². The minimum atomic E-state index is -0.836. The molecule has 0 bridgehead atoms. The molecule has 0 fully saturated rings. The molecule has 2 heterocycles. The van der Waals surface area contributed by atoms with E-state index < -0.39 is 4.87 Å². The van der Waals surface area contributed by atoms with Crippen LogP contribution in [0.1, 0.15) is 16.7 Å². The Bertz CT molecular complexity index is 769. The van der Waals surface area contributed by atoms with Crippen LogP contribution in [0.25, 0.3) is 0 Å². The summed E-state index contributed by atoms with van der Waals surface area (Å²) in [4.78, 5) is 11.6. The van der Waals surface area contributed by atoms with Crippen LogP contribution in [0.15, 0.2) is 53.6 Å². The number of hydrogen-bond acceptors (Lipinski definition) is 4. The number of carbonyl (C=O) groups excluding carboxylic acids is 1. The van der Waals surface area contributed by atoms with Crippen LogP contribution >= 0.6 is 11.8 Å². The highest BCUT2D eigenvalue weighted by Gasteiger charge is 2.51. The molecule has 2 aliphatic rings. The number of hydrogen-bond donors (Lipinski definition) is 2. The molecule has 0 aliphatic carbocycles. The molecule has 2 aromatic rings. The molecule has 0 radical (unpaired) electrons. The SMILES string of the molecule is Cc1ccc(C2=NN[C@]3(S2)C(=O)Nc2ccccc23)cc1. The van der Waals surface area contributed by atoms with Gasteiger partial charge in [0.2, 0.25) is 4.87 Å². The molecule has 2 N–H and O–H groups in total. The molecule has 0 aromatic heterocycles. The Morgan fingerprint density at radius 2 is 1.86 bits per heavy atom. The Morgan fingerprint density at radius 3 is 2.67 bits per heavy atom. The standard InChI is InChI=1S/C16H13N3OS/c1-10-6-8-11(9-7-10)14-18-19-16(21-14)12-4-2-3-5-13(12)17-15(16)20/h2-9,19H,1H3,(H,17,20)/t16-/m1/s1. The summed E-state index contributed by atoms with van der Waals surface area (Å²) in [6, 6.07) is 15.9. The van der Waals surface area contributed by atoms with Gasteiger partial charge in [0.1, 0.15) is 5.04 Å². The van der Waals surface area contributed by atoms with Crippen molar-refractivity contribution in [2.45, 2.75) is 11.8 Å². The molecule has 0 saturated carbocycles. The van der Waals surface area contributed by atoms with Crippen molar-refractivity contribution in [1.29, 1.82) is 0 Å². The van der Waals surface area contributed by atoms with Gasteiger partial charge in [0, 0.05) is 16.8 Å². The van der Waals surface area contributed by atoms with Crippen LogP contribution in [-0.2, 0) is 9.67 Å². The zero-order chi connectivity index (χ0) is 14.4. The van der Waals surface area contributed by atoms with Gasteiger partial charge in [-0.15, -0.1) is 0 Å². The first-order valence-corrected chi connectivity index (χ1v) is 7.52. The Hall–Kier alpha value is -2.27. The van der Waals surface area contributed by atoms with E-state index in [1.54, 1.807) is 0 Å². The van der Waals surface area contributed by atoms with Gasteiger partial charge in [-0.1, -0.05) is 59.8 Å². The molecule has 4 nitrogen and oxygen atoms in total. The predicted octanol–water partition coefficient (Wildman–Crippen LogP) is 2.80. The van der Waals surface area contributed by atoms with Crippen LogP contribution in [-0.4, -0.2) is 11.0 Å². The molecule has 1 atom stereocenters. The van der Waals surface area contributed by atoms with Crippen LogP contribution in [0.2, 0.25) is 0 Å². The van der Waals surface area contributed by atoms with Crippen LogP contribution in [0.5, 0.6) is 0 Å². The van der Waals surface area contributed by atoms with Crippen molar-refractivity contribution >= 4 is 28.4 Å². The predicted molar refractivity (Wildman–Crippen MR) is 85.2 cm³/mol. The zero-order valence-electron chi connectivity index (χ0n) is 11.4. The molecule has 21 heavy (non-hydrogen) atoms. The largest absolute Gasteiger partial charge is 0.323 e. The number of rotatable bonds is 1. The highest BCUT2D eigenvalue weighted by atomic mass is 32.2. The van der Waals surface area contributed by atoms with E-state index in [0.717, 1.165) is 21.9 Å². The number of benzene rings is 2. The van der Waals surface area contributed by atoms with Crippen LogP contribution < -0.4 is 10.7 Å². The highest BCUT2D eigenvalue weighted by Crippen LogP contribution is 2.47. The summed E-state index contributed by atoms with van der Waals surface area (Å²) in [5, 5.41) is 8.14. The Labute approximate surface area is 126 Å². The lowest BCUT2D eigenvalue weighted by molar-refractivity contribution is -0.118. The maximum absolute atomic E-state index is 12.4. The molecular weight excluding hydrogens is 282 g/mol. The van der Waals surface area contributed by atoms with Gasteiger partial charge in [-0.3, -0.25) is 10.2 Å². The van der Waals surface area contributed by atoms with Crippen molar-refractivity contribution in [3.8, 4) is 0 Å². The minimum absolute atomic E-state index is 0.0699. The van der Waals surface area contributed by atoms with E-state index in [0.29, 0.717) is 0 Å². The summed E-state index contributed by atoms with van der Waals surface area (Å²) in [5.74, 6) is -0.0699. The monoisotopic (exact) mass is 295 g/mol. The number of aryl methyl sites for hydroxylation is 1. The average molecular weight is 295 g/mol. The van der Waals surface area contributed by atoms with Crippen molar-refractivity contribution in [2.75, 3.05) is 5.32 Å². The van der Waals surface area contributed by atoms with E-state index in [4.69, 9.17) is 0 Å². The number of nitrogens with one attached hydrogen (secondary N) is 2. The second kappa shape index (κ2) is 4.36. The third kappa shape index (κ3) is 1.77. The van der Waals surface area contributed by atoms with E-state index in [-0.39, 0.29) is 5.91 Å². The zero-order valence-corrected chi connectivity index (χ0v) is 12.2. The number of para-hydroxylation sites is 1. The van der Waals surface area contributed by atoms with E-state index in [9.17, 15) is 4.79 Å². The summed E-state index contributed by atoms with van der Waals surface area (Å²) in [6.07, 6.45) is 0. The van der Waals surface area contributed by atoms with Gasteiger partial charge in [-0.25, -0.2) is 0 Å². The van der Waals surface area contributed by atoms with E-state index in [2.05, 4.69) is 15.8 Å². The second-order valence-electron chi connectivity index (χ2n) is 5.18. The van der Waals surface area contributed by atoms with Crippen LogP contribution in [0, 0.1) is 6.92 Å². The maximum Gasteiger partial charge on any atom is 0.267 e. The number of nitrogens with zero attached hydrogens (tertiary/aromatic N) is 1. The molecule has 2 aliphatic heterocycles. The Morgan fingerprint density at radius 1 is 1.10 bits per heavy atom. The van der Waals surface area contributed by atoms with E-state index in [1.807, 2.05) is 55.5 Å². The van der Waals surface area contributed by atoms with Crippen molar-refractivity contribution in [3.63, 3.8) is 0 Å². The number of thioether (sulfide) groups is 1. The van der Waals surface area contributed by atoms with Crippen molar-refractivity contribution in [1.82, 2.24) is 5.43 Å². The van der Waals surface area contributed by atoms with Gasteiger partial charge in [0.15, 0.2) is 0 Å². The number of fused-ring (bicyclic) bond motifs is 2. The lowest BCUT2D eigenvalue weighted by atomic mass is 10.1. The molecule has 4 rings (SSSR count). The van der Waals surface area contributed by atoms with Crippen molar-refractivity contribution < 1.29 is 4.79 Å². The number of amides is 1.